The number of carboxylic acids is 1. The highest BCUT2D eigenvalue weighted by atomic mass is 19.4. The molecule has 1 aliphatic rings. The zero-order valence-electron chi connectivity index (χ0n) is 25.1. The quantitative estimate of drug-likeness (QED) is 0.244. The second-order valence-corrected chi connectivity index (χ2v) is 10.6. The molecular formula is C32H34F3N7O3. The first-order valence-electron chi connectivity index (χ1n) is 14.1. The Kier molecular flexibility index (Phi) is 10.8. The lowest BCUT2D eigenvalue weighted by atomic mass is 10.1. The normalized spacial score (nSPS) is 13.8. The van der Waals surface area contributed by atoms with Crippen LogP contribution in [-0.4, -0.2) is 81.1 Å². The summed E-state index contributed by atoms with van der Waals surface area (Å²) in [6.45, 7) is 9.19. The molecule has 0 unspecified atom stereocenters. The molecule has 45 heavy (non-hydrogen) atoms. The van der Waals surface area contributed by atoms with Gasteiger partial charge in [0.1, 0.15) is 0 Å². The summed E-state index contributed by atoms with van der Waals surface area (Å²) in [5.74, 6) is -2.42. The van der Waals surface area contributed by atoms with Gasteiger partial charge in [-0.1, -0.05) is 18.2 Å². The van der Waals surface area contributed by atoms with Crippen LogP contribution in [0.25, 0.3) is 11.3 Å². The molecule has 0 saturated carbocycles. The minimum atomic E-state index is -5.08. The van der Waals surface area contributed by atoms with Crippen molar-refractivity contribution < 1.29 is 27.9 Å². The van der Waals surface area contributed by atoms with Crippen molar-refractivity contribution in [3.63, 3.8) is 0 Å². The van der Waals surface area contributed by atoms with Gasteiger partial charge in [0.2, 0.25) is 5.95 Å². The maximum absolute atomic E-state index is 13.0. The molecule has 0 atom stereocenters. The van der Waals surface area contributed by atoms with Crippen LogP contribution in [0.15, 0.2) is 73.1 Å². The molecule has 236 valence electrons. The van der Waals surface area contributed by atoms with Gasteiger partial charge in [-0.05, 0) is 74.5 Å². The van der Waals surface area contributed by atoms with Gasteiger partial charge in [-0.3, -0.25) is 14.7 Å². The first-order valence-corrected chi connectivity index (χ1v) is 14.1. The lowest BCUT2D eigenvalue weighted by Gasteiger charge is -2.32. The molecule has 2 aromatic heterocycles. The van der Waals surface area contributed by atoms with E-state index in [4.69, 9.17) is 9.90 Å². The van der Waals surface area contributed by atoms with Crippen LogP contribution >= 0.6 is 0 Å². The fourth-order valence-corrected chi connectivity index (χ4v) is 4.38. The van der Waals surface area contributed by atoms with Crippen molar-refractivity contribution in [2.75, 3.05) is 43.9 Å². The molecule has 4 aromatic rings. The molecule has 0 radical (unpaired) electrons. The highest BCUT2D eigenvalue weighted by Crippen LogP contribution is 2.25. The number of rotatable bonds is 7. The summed E-state index contributed by atoms with van der Waals surface area (Å²) in [7, 11) is 2.16. The van der Waals surface area contributed by atoms with Crippen LogP contribution in [0.3, 0.4) is 0 Å². The monoisotopic (exact) mass is 621 g/mol. The number of carbonyl (C=O) groups excluding carboxylic acids is 1. The number of carboxylic acid groups (broad SMARTS) is 1. The summed E-state index contributed by atoms with van der Waals surface area (Å²) < 4.78 is 31.7. The third kappa shape index (κ3) is 9.81. The minimum Gasteiger partial charge on any atom is -0.475 e. The SMILES string of the molecule is Cc1ccc(-c2ccnc(Nc3cc(NC(=O)c4ccc(CN5CCN(C)CC5)cc4)ccc3C)n2)cn1.O=C(O)C(F)(F)F. The van der Waals surface area contributed by atoms with Gasteiger partial charge in [-0.2, -0.15) is 13.2 Å². The van der Waals surface area contributed by atoms with Gasteiger partial charge >= 0.3 is 12.1 Å². The lowest BCUT2D eigenvalue weighted by Crippen LogP contribution is -2.43. The second-order valence-electron chi connectivity index (χ2n) is 10.6. The van der Waals surface area contributed by atoms with Crippen molar-refractivity contribution in [1.29, 1.82) is 0 Å². The zero-order chi connectivity index (χ0) is 32.6. The Morgan fingerprint density at radius 3 is 2.24 bits per heavy atom. The van der Waals surface area contributed by atoms with E-state index in [0.717, 1.165) is 60.9 Å². The van der Waals surface area contributed by atoms with E-state index in [0.29, 0.717) is 17.2 Å². The summed E-state index contributed by atoms with van der Waals surface area (Å²) in [5.41, 5.74) is 7.05. The van der Waals surface area contributed by atoms with E-state index in [9.17, 15) is 18.0 Å². The van der Waals surface area contributed by atoms with Gasteiger partial charge in [0.05, 0.1) is 5.69 Å². The van der Waals surface area contributed by atoms with Crippen LogP contribution in [0.2, 0.25) is 0 Å². The molecule has 1 fully saturated rings. The van der Waals surface area contributed by atoms with Crippen molar-refractivity contribution in [3.05, 3.63) is 95.4 Å². The number of benzene rings is 2. The van der Waals surface area contributed by atoms with E-state index in [-0.39, 0.29) is 5.91 Å². The molecule has 0 bridgehead atoms. The molecule has 0 aliphatic carbocycles. The highest BCUT2D eigenvalue weighted by molar-refractivity contribution is 6.04. The summed E-state index contributed by atoms with van der Waals surface area (Å²) in [6.07, 6.45) is -1.55. The molecule has 2 aromatic carbocycles. The largest absolute Gasteiger partial charge is 0.490 e. The summed E-state index contributed by atoms with van der Waals surface area (Å²) >= 11 is 0. The predicted octanol–water partition coefficient (Wildman–Crippen LogP) is 5.53. The standard InChI is InChI=1S/C30H33N7O.C2HF3O2/c1-21-4-11-26(18-28(21)35-30-31-13-12-27(34-30)25-8-5-22(2)32-19-25)33-29(38)24-9-6-23(7-10-24)20-37-16-14-36(3)15-17-37;3-2(4,5)1(6)7/h4-13,18-19H,14-17,20H2,1-3H3,(H,33,38)(H,31,34,35);(H,6,7). The van der Waals surface area contributed by atoms with Gasteiger partial charge in [-0.25, -0.2) is 14.8 Å². The molecular weight excluding hydrogens is 587 g/mol. The third-order valence-corrected chi connectivity index (χ3v) is 7.07. The van der Waals surface area contributed by atoms with Crippen LogP contribution in [0, 0.1) is 13.8 Å². The molecule has 10 nitrogen and oxygen atoms in total. The fourth-order valence-electron chi connectivity index (χ4n) is 4.38. The van der Waals surface area contributed by atoms with E-state index in [1.165, 1.54) is 5.56 Å². The van der Waals surface area contributed by atoms with Crippen molar-refractivity contribution in [1.82, 2.24) is 24.8 Å². The van der Waals surface area contributed by atoms with E-state index in [1.54, 1.807) is 6.20 Å². The van der Waals surface area contributed by atoms with E-state index in [2.05, 4.69) is 42.4 Å². The zero-order valence-corrected chi connectivity index (χ0v) is 25.1. The summed E-state index contributed by atoms with van der Waals surface area (Å²) in [5, 5.41) is 13.4. The lowest BCUT2D eigenvalue weighted by molar-refractivity contribution is -0.192. The number of carbonyl (C=O) groups is 2. The first kappa shape index (κ1) is 33.0. The molecule has 13 heteroatoms. The number of hydrogen-bond donors (Lipinski definition) is 3. The molecule has 1 amide bonds. The maximum atomic E-state index is 13.0. The Morgan fingerprint density at radius 1 is 0.933 bits per heavy atom. The molecule has 0 spiro atoms. The van der Waals surface area contributed by atoms with Gasteiger partial charge < -0.3 is 20.6 Å². The number of hydrogen-bond acceptors (Lipinski definition) is 8. The number of likely N-dealkylation sites (N-methyl/N-ethyl adjacent to an activating group) is 1. The van der Waals surface area contributed by atoms with Crippen molar-refractivity contribution >= 4 is 29.2 Å². The third-order valence-electron chi connectivity index (χ3n) is 7.07. The predicted molar refractivity (Wildman–Crippen MR) is 165 cm³/mol. The Morgan fingerprint density at radius 2 is 1.62 bits per heavy atom. The summed E-state index contributed by atoms with van der Waals surface area (Å²) in [6, 6.07) is 19.5. The molecule has 3 heterocycles. The van der Waals surface area contributed by atoms with Gasteiger partial charge in [-0.15, -0.1) is 0 Å². The number of anilines is 3. The Balaban J connectivity index is 0.000000591. The smallest absolute Gasteiger partial charge is 0.475 e. The first-order chi connectivity index (χ1) is 21.4. The van der Waals surface area contributed by atoms with E-state index in [1.807, 2.05) is 80.7 Å². The molecule has 1 saturated heterocycles. The Bertz CT molecular complexity index is 1610. The number of alkyl halides is 3. The van der Waals surface area contributed by atoms with E-state index >= 15 is 0 Å². The fraction of sp³-hybridized carbons (Fsp3) is 0.281. The molecule has 1 aliphatic heterocycles. The van der Waals surface area contributed by atoms with Crippen molar-refractivity contribution in [3.8, 4) is 11.3 Å². The van der Waals surface area contributed by atoms with Gasteiger partial charge in [0, 0.05) is 73.3 Å². The van der Waals surface area contributed by atoms with Crippen LogP contribution in [-0.2, 0) is 11.3 Å². The minimum absolute atomic E-state index is 0.143. The average molecular weight is 622 g/mol. The van der Waals surface area contributed by atoms with Gasteiger partial charge in [0.25, 0.3) is 5.91 Å². The summed E-state index contributed by atoms with van der Waals surface area (Å²) in [4.78, 5) is 40.0. The number of aryl methyl sites for hydroxylation is 2. The average Bonchev–Trinajstić information content (AvgIpc) is 3.01. The number of aromatic nitrogens is 3. The molecule has 5 rings (SSSR count). The second kappa shape index (κ2) is 14.7. The number of nitrogens with zero attached hydrogens (tertiary/aromatic N) is 5. The Hall–Kier alpha value is -4.88. The van der Waals surface area contributed by atoms with Crippen molar-refractivity contribution in [2.24, 2.45) is 0 Å². The number of aliphatic carboxylic acids is 1. The van der Waals surface area contributed by atoms with Gasteiger partial charge in [0.15, 0.2) is 0 Å². The number of amides is 1. The van der Waals surface area contributed by atoms with E-state index < -0.39 is 12.1 Å². The van der Waals surface area contributed by atoms with Crippen LogP contribution in [0.4, 0.5) is 30.5 Å². The highest BCUT2D eigenvalue weighted by Gasteiger charge is 2.38. The number of nitrogens with one attached hydrogen (secondary N) is 2. The van der Waals surface area contributed by atoms with Crippen LogP contribution < -0.4 is 10.6 Å². The number of piperazine rings is 1. The topological polar surface area (TPSA) is 124 Å². The van der Waals surface area contributed by atoms with Crippen molar-refractivity contribution in [2.45, 2.75) is 26.6 Å². The number of halogens is 3. The van der Waals surface area contributed by atoms with Crippen LogP contribution in [0.1, 0.15) is 27.2 Å². The number of pyridine rings is 1. The molecule has 3 N–H and O–H groups in total. The Labute approximate surface area is 259 Å². The van der Waals surface area contributed by atoms with Crippen LogP contribution in [0.5, 0.6) is 0 Å². The maximum Gasteiger partial charge on any atom is 0.490 e.